The molecule has 0 aliphatic heterocycles. The monoisotopic (exact) mass is 314 g/mol. The van der Waals surface area contributed by atoms with Crippen molar-refractivity contribution < 1.29 is 9.21 Å². The lowest BCUT2D eigenvalue weighted by atomic mass is 9.97. The zero-order valence-corrected chi connectivity index (χ0v) is 15.1. The molecule has 0 aliphatic carbocycles. The fourth-order valence-electron chi connectivity index (χ4n) is 2.62. The number of amides is 1. The van der Waals surface area contributed by atoms with Gasteiger partial charge in [0, 0.05) is 11.1 Å². The average molecular weight is 314 g/mol. The van der Waals surface area contributed by atoms with Crippen LogP contribution >= 0.6 is 0 Å². The molecule has 23 heavy (non-hydrogen) atoms. The zero-order chi connectivity index (χ0) is 17.4. The smallest absolute Gasteiger partial charge is 0.232 e. The van der Waals surface area contributed by atoms with E-state index in [0.29, 0.717) is 11.7 Å². The number of nitrogens with one attached hydrogen (secondary N) is 1. The van der Waals surface area contributed by atoms with Gasteiger partial charge in [-0.15, -0.1) is 0 Å². The van der Waals surface area contributed by atoms with Crippen LogP contribution in [0.2, 0.25) is 0 Å². The molecule has 1 aromatic carbocycles. The van der Waals surface area contributed by atoms with Crippen LogP contribution in [0.3, 0.4) is 0 Å². The van der Waals surface area contributed by atoms with Crippen molar-refractivity contribution in [2.45, 2.75) is 60.3 Å². The summed E-state index contributed by atoms with van der Waals surface area (Å²) in [5.41, 5.74) is 4.83. The van der Waals surface area contributed by atoms with Gasteiger partial charge in [-0.05, 0) is 38.8 Å². The molecule has 0 aliphatic rings. The van der Waals surface area contributed by atoms with Gasteiger partial charge in [0.15, 0.2) is 5.89 Å². The van der Waals surface area contributed by atoms with Crippen LogP contribution in [0.15, 0.2) is 16.5 Å². The third-order valence-corrected chi connectivity index (χ3v) is 3.80. The Bertz CT molecular complexity index is 713. The molecule has 1 heterocycles. The molecule has 0 saturated heterocycles. The topological polar surface area (TPSA) is 55.1 Å². The van der Waals surface area contributed by atoms with Crippen molar-refractivity contribution in [1.29, 1.82) is 0 Å². The van der Waals surface area contributed by atoms with Gasteiger partial charge in [0.25, 0.3) is 0 Å². The Hall–Kier alpha value is -2.10. The maximum absolute atomic E-state index is 12.4. The van der Waals surface area contributed by atoms with E-state index in [1.807, 2.05) is 41.5 Å². The summed E-state index contributed by atoms with van der Waals surface area (Å²) in [6.07, 6.45) is 0.196. The van der Waals surface area contributed by atoms with E-state index in [0.717, 1.165) is 22.5 Å². The molecule has 2 rings (SSSR count). The number of anilines is 1. The summed E-state index contributed by atoms with van der Waals surface area (Å²) in [5, 5.41) is 3.00. The van der Waals surface area contributed by atoms with Crippen molar-refractivity contribution in [3.05, 3.63) is 46.2 Å². The summed E-state index contributed by atoms with van der Waals surface area (Å²) >= 11 is 0. The Morgan fingerprint density at radius 3 is 2.17 bits per heavy atom. The lowest BCUT2D eigenvalue weighted by Crippen LogP contribution is -2.16. The van der Waals surface area contributed by atoms with Gasteiger partial charge in [-0.2, -0.15) is 0 Å². The molecule has 0 saturated carbocycles. The van der Waals surface area contributed by atoms with E-state index >= 15 is 0 Å². The number of aromatic nitrogens is 1. The van der Waals surface area contributed by atoms with Gasteiger partial charge in [-0.3, -0.25) is 4.79 Å². The maximum Gasteiger partial charge on any atom is 0.232 e. The molecule has 1 amide bonds. The number of rotatable bonds is 3. The second kappa shape index (κ2) is 6.19. The summed E-state index contributed by atoms with van der Waals surface area (Å²) in [6, 6.07) is 4.14. The molecule has 0 atom stereocenters. The highest BCUT2D eigenvalue weighted by atomic mass is 16.4. The number of benzene rings is 1. The lowest BCUT2D eigenvalue weighted by Gasteiger charge is -2.13. The number of carbonyl (C=O) groups excluding carboxylic acids is 1. The molecule has 2 aromatic rings. The first kappa shape index (κ1) is 17.3. The van der Waals surface area contributed by atoms with Gasteiger partial charge in [0.2, 0.25) is 5.91 Å². The van der Waals surface area contributed by atoms with Crippen LogP contribution in [-0.4, -0.2) is 10.9 Å². The molecule has 0 fully saturated rings. The standard InChI is InChI=1S/C19H26N2O2/c1-11-8-12(2)17(13(3)9-11)21-16(22)10-15-14(4)20-18(23-15)19(5,6)7/h8-9H,10H2,1-7H3,(H,21,22). The maximum atomic E-state index is 12.4. The van der Waals surface area contributed by atoms with Crippen LogP contribution in [-0.2, 0) is 16.6 Å². The van der Waals surface area contributed by atoms with Crippen LogP contribution < -0.4 is 5.32 Å². The third kappa shape index (κ3) is 4.01. The number of aryl methyl sites for hydroxylation is 4. The van der Waals surface area contributed by atoms with E-state index in [1.165, 1.54) is 5.56 Å². The van der Waals surface area contributed by atoms with E-state index in [2.05, 4.69) is 29.4 Å². The number of oxazole rings is 1. The van der Waals surface area contributed by atoms with Crippen molar-refractivity contribution >= 4 is 11.6 Å². The van der Waals surface area contributed by atoms with Gasteiger partial charge in [0.1, 0.15) is 5.76 Å². The number of hydrogen-bond acceptors (Lipinski definition) is 3. The highest BCUT2D eigenvalue weighted by Gasteiger charge is 2.23. The van der Waals surface area contributed by atoms with Gasteiger partial charge in [-0.1, -0.05) is 38.5 Å². The largest absolute Gasteiger partial charge is 0.444 e. The first-order valence-corrected chi connectivity index (χ1v) is 7.92. The van der Waals surface area contributed by atoms with Crippen LogP contribution in [0.25, 0.3) is 0 Å². The van der Waals surface area contributed by atoms with Crippen molar-refractivity contribution in [2.75, 3.05) is 5.32 Å². The van der Waals surface area contributed by atoms with Crippen molar-refractivity contribution in [3.8, 4) is 0 Å². The Labute approximate surface area is 138 Å². The molecule has 124 valence electrons. The number of carbonyl (C=O) groups is 1. The van der Waals surface area contributed by atoms with Crippen LogP contribution in [0.1, 0.15) is 54.8 Å². The van der Waals surface area contributed by atoms with E-state index in [4.69, 9.17) is 4.42 Å². The van der Waals surface area contributed by atoms with Crippen LogP contribution in [0.4, 0.5) is 5.69 Å². The van der Waals surface area contributed by atoms with Crippen LogP contribution in [0, 0.1) is 27.7 Å². The summed E-state index contributed by atoms with van der Waals surface area (Å²) in [5.74, 6) is 1.22. The fraction of sp³-hybridized carbons (Fsp3) is 0.474. The Kier molecular flexibility index (Phi) is 4.64. The quantitative estimate of drug-likeness (QED) is 0.914. The second-order valence-electron chi connectivity index (χ2n) is 7.28. The predicted molar refractivity (Wildman–Crippen MR) is 92.9 cm³/mol. The van der Waals surface area contributed by atoms with Crippen LogP contribution in [0.5, 0.6) is 0 Å². The van der Waals surface area contributed by atoms with E-state index in [9.17, 15) is 4.79 Å². The highest BCUT2D eigenvalue weighted by Crippen LogP contribution is 2.25. The molecule has 4 heteroatoms. The van der Waals surface area contributed by atoms with Crippen molar-refractivity contribution in [1.82, 2.24) is 4.98 Å². The fourth-order valence-corrected chi connectivity index (χ4v) is 2.62. The third-order valence-electron chi connectivity index (χ3n) is 3.80. The Balaban J connectivity index is 2.16. The SMILES string of the molecule is Cc1cc(C)c(NC(=O)Cc2oc(C(C)(C)C)nc2C)c(C)c1. The zero-order valence-electron chi connectivity index (χ0n) is 15.1. The van der Waals surface area contributed by atoms with Gasteiger partial charge >= 0.3 is 0 Å². The molecular weight excluding hydrogens is 288 g/mol. The normalized spacial score (nSPS) is 11.6. The molecule has 0 bridgehead atoms. The minimum absolute atomic E-state index is 0.0836. The summed E-state index contributed by atoms with van der Waals surface area (Å²) in [4.78, 5) is 16.8. The summed E-state index contributed by atoms with van der Waals surface area (Å²) in [6.45, 7) is 14.1. The summed E-state index contributed by atoms with van der Waals surface area (Å²) in [7, 11) is 0. The number of nitrogens with zero attached hydrogens (tertiary/aromatic N) is 1. The molecule has 1 aromatic heterocycles. The van der Waals surface area contributed by atoms with E-state index in [1.54, 1.807) is 0 Å². The van der Waals surface area contributed by atoms with Gasteiger partial charge in [0.05, 0.1) is 12.1 Å². The van der Waals surface area contributed by atoms with E-state index < -0.39 is 0 Å². The minimum atomic E-state index is -0.163. The molecular formula is C19H26N2O2. The molecule has 0 unspecified atom stereocenters. The first-order chi connectivity index (χ1) is 10.6. The highest BCUT2D eigenvalue weighted by molar-refractivity contribution is 5.93. The Morgan fingerprint density at radius 2 is 1.70 bits per heavy atom. The Morgan fingerprint density at radius 1 is 1.13 bits per heavy atom. The molecule has 4 nitrogen and oxygen atoms in total. The molecule has 1 N–H and O–H groups in total. The second-order valence-corrected chi connectivity index (χ2v) is 7.28. The summed E-state index contributed by atoms with van der Waals surface area (Å²) < 4.78 is 5.79. The van der Waals surface area contributed by atoms with Gasteiger partial charge in [-0.25, -0.2) is 4.98 Å². The van der Waals surface area contributed by atoms with E-state index in [-0.39, 0.29) is 17.7 Å². The van der Waals surface area contributed by atoms with Crippen molar-refractivity contribution in [3.63, 3.8) is 0 Å². The number of hydrogen-bond donors (Lipinski definition) is 1. The minimum Gasteiger partial charge on any atom is -0.444 e. The van der Waals surface area contributed by atoms with Crippen molar-refractivity contribution in [2.24, 2.45) is 0 Å². The predicted octanol–water partition coefficient (Wildman–Crippen LogP) is 4.39. The average Bonchev–Trinajstić information content (AvgIpc) is 2.75. The lowest BCUT2D eigenvalue weighted by molar-refractivity contribution is -0.115. The molecule has 0 spiro atoms. The van der Waals surface area contributed by atoms with Gasteiger partial charge < -0.3 is 9.73 Å². The first-order valence-electron chi connectivity index (χ1n) is 7.92. The molecule has 0 radical (unpaired) electrons.